The molecular weight excluding hydrogens is 376 g/mol. The van der Waals surface area contributed by atoms with Gasteiger partial charge in [-0.05, 0) is 43.0 Å². The summed E-state index contributed by atoms with van der Waals surface area (Å²) in [5, 5.41) is 2.99. The van der Waals surface area contributed by atoms with Crippen molar-refractivity contribution in [1.82, 2.24) is 10.2 Å². The highest BCUT2D eigenvalue weighted by atomic mass is 16.5. The Bertz CT molecular complexity index is 817. The van der Waals surface area contributed by atoms with Crippen LogP contribution in [0.25, 0.3) is 0 Å². The van der Waals surface area contributed by atoms with Crippen molar-refractivity contribution in [2.24, 2.45) is 0 Å². The number of methoxy groups -OCH3 is 1. The third-order valence-corrected chi connectivity index (χ3v) is 5.18. The van der Waals surface area contributed by atoms with E-state index in [-0.39, 0.29) is 18.2 Å². The van der Waals surface area contributed by atoms with Gasteiger partial charge >= 0.3 is 0 Å². The predicted octanol–water partition coefficient (Wildman–Crippen LogP) is 4.27. The standard InChI is InChI=1S/C25H34N2O3/c1-5-7-15-26-25(29)23(6-2)27(18-21-9-8-10-22(16-21)30-4)24(28)17-20-13-11-19(3)12-14-20/h8-14,16,23H,5-7,15,17-18H2,1-4H3,(H,26,29). The molecule has 0 heterocycles. The van der Waals surface area contributed by atoms with Crippen LogP contribution >= 0.6 is 0 Å². The average molecular weight is 411 g/mol. The molecule has 1 unspecified atom stereocenters. The number of carbonyl (C=O) groups excluding carboxylic acids is 2. The van der Waals surface area contributed by atoms with E-state index in [4.69, 9.17) is 4.74 Å². The van der Waals surface area contributed by atoms with Gasteiger partial charge in [-0.25, -0.2) is 0 Å². The zero-order valence-corrected chi connectivity index (χ0v) is 18.6. The van der Waals surface area contributed by atoms with E-state index in [1.54, 1.807) is 12.0 Å². The molecule has 0 aliphatic heterocycles. The Balaban J connectivity index is 2.25. The van der Waals surface area contributed by atoms with Gasteiger partial charge in [-0.15, -0.1) is 0 Å². The predicted molar refractivity (Wildman–Crippen MR) is 120 cm³/mol. The fourth-order valence-electron chi connectivity index (χ4n) is 3.38. The summed E-state index contributed by atoms with van der Waals surface area (Å²) in [6, 6.07) is 15.1. The van der Waals surface area contributed by atoms with Crippen molar-refractivity contribution >= 4 is 11.8 Å². The van der Waals surface area contributed by atoms with E-state index >= 15 is 0 Å². The minimum Gasteiger partial charge on any atom is -0.497 e. The molecule has 5 heteroatoms. The van der Waals surface area contributed by atoms with E-state index in [2.05, 4.69) is 12.2 Å². The minimum atomic E-state index is -0.508. The molecule has 0 spiro atoms. The molecule has 0 fully saturated rings. The molecule has 0 saturated carbocycles. The number of hydrogen-bond donors (Lipinski definition) is 1. The SMILES string of the molecule is CCCCNC(=O)C(CC)N(Cc1cccc(OC)c1)C(=O)Cc1ccc(C)cc1. The van der Waals surface area contributed by atoms with Crippen LogP contribution in [0.2, 0.25) is 0 Å². The van der Waals surface area contributed by atoms with Crippen molar-refractivity contribution in [3.63, 3.8) is 0 Å². The highest BCUT2D eigenvalue weighted by molar-refractivity contribution is 5.88. The number of benzene rings is 2. The number of carbonyl (C=O) groups is 2. The van der Waals surface area contributed by atoms with E-state index in [0.717, 1.165) is 35.3 Å². The summed E-state index contributed by atoms with van der Waals surface area (Å²) in [6.07, 6.45) is 2.76. The van der Waals surface area contributed by atoms with Crippen molar-refractivity contribution in [1.29, 1.82) is 0 Å². The van der Waals surface area contributed by atoms with Crippen molar-refractivity contribution in [3.05, 3.63) is 65.2 Å². The molecule has 0 radical (unpaired) electrons. The van der Waals surface area contributed by atoms with Gasteiger partial charge in [0.2, 0.25) is 11.8 Å². The quantitative estimate of drug-likeness (QED) is 0.563. The lowest BCUT2D eigenvalue weighted by molar-refractivity contribution is -0.140. The fraction of sp³-hybridized carbons (Fsp3) is 0.440. The Hall–Kier alpha value is -2.82. The van der Waals surface area contributed by atoms with Crippen LogP contribution in [-0.4, -0.2) is 36.4 Å². The maximum Gasteiger partial charge on any atom is 0.242 e. The summed E-state index contributed by atoms with van der Waals surface area (Å²) >= 11 is 0. The average Bonchev–Trinajstić information content (AvgIpc) is 2.75. The summed E-state index contributed by atoms with van der Waals surface area (Å²) in [5.74, 6) is 0.587. The van der Waals surface area contributed by atoms with Crippen molar-refractivity contribution in [2.75, 3.05) is 13.7 Å². The van der Waals surface area contributed by atoms with E-state index < -0.39 is 6.04 Å². The first-order valence-corrected chi connectivity index (χ1v) is 10.7. The second-order valence-electron chi connectivity index (χ2n) is 7.60. The first-order valence-electron chi connectivity index (χ1n) is 10.7. The molecule has 1 atom stereocenters. The Morgan fingerprint density at radius 3 is 2.43 bits per heavy atom. The lowest BCUT2D eigenvalue weighted by atomic mass is 10.1. The van der Waals surface area contributed by atoms with Crippen LogP contribution in [0.4, 0.5) is 0 Å². The van der Waals surface area contributed by atoms with E-state index in [1.807, 2.05) is 62.4 Å². The van der Waals surface area contributed by atoms with Crippen LogP contribution in [0.15, 0.2) is 48.5 Å². The highest BCUT2D eigenvalue weighted by Gasteiger charge is 2.28. The second-order valence-corrected chi connectivity index (χ2v) is 7.60. The van der Waals surface area contributed by atoms with E-state index in [1.165, 1.54) is 0 Å². The number of unbranched alkanes of at least 4 members (excludes halogenated alkanes) is 1. The van der Waals surface area contributed by atoms with Crippen LogP contribution in [-0.2, 0) is 22.6 Å². The molecule has 5 nitrogen and oxygen atoms in total. The second kappa shape index (κ2) is 12.0. The lowest BCUT2D eigenvalue weighted by Gasteiger charge is -2.31. The number of nitrogens with one attached hydrogen (secondary N) is 1. The molecule has 2 aromatic carbocycles. The summed E-state index contributed by atoms with van der Waals surface area (Å²) in [5.41, 5.74) is 3.04. The topological polar surface area (TPSA) is 58.6 Å². The van der Waals surface area contributed by atoms with Gasteiger partial charge in [-0.1, -0.05) is 62.2 Å². The summed E-state index contributed by atoms with van der Waals surface area (Å²) < 4.78 is 5.32. The molecule has 0 aliphatic rings. The van der Waals surface area contributed by atoms with Crippen LogP contribution in [0, 0.1) is 6.92 Å². The number of aryl methyl sites for hydroxylation is 1. The molecule has 2 aromatic rings. The monoisotopic (exact) mass is 410 g/mol. The number of nitrogens with zero attached hydrogens (tertiary/aromatic N) is 1. The van der Waals surface area contributed by atoms with Crippen molar-refractivity contribution in [2.45, 2.75) is 59.0 Å². The Labute approximate surface area is 180 Å². The largest absolute Gasteiger partial charge is 0.497 e. The van der Waals surface area contributed by atoms with E-state index in [9.17, 15) is 9.59 Å². The van der Waals surface area contributed by atoms with Gasteiger partial charge in [0.05, 0.1) is 13.5 Å². The van der Waals surface area contributed by atoms with Gasteiger partial charge < -0.3 is 15.0 Å². The number of rotatable bonds is 11. The first-order chi connectivity index (χ1) is 14.5. The van der Waals surface area contributed by atoms with Gasteiger partial charge in [0, 0.05) is 13.1 Å². The zero-order valence-electron chi connectivity index (χ0n) is 18.6. The minimum absolute atomic E-state index is 0.0563. The van der Waals surface area contributed by atoms with Crippen LogP contribution in [0.5, 0.6) is 5.75 Å². The molecule has 30 heavy (non-hydrogen) atoms. The lowest BCUT2D eigenvalue weighted by Crippen LogP contribution is -2.49. The maximum absolute atomic E-state index is 13.3. The van der Waals surface area contributed by atoms with Gasteiger partial charge in [-0.2, -0.15) is 0 Å². The molecule has 0 aliphatic carbocycles. The smallest absolute Gasteiger partial charge is 0.242 e. The van der Waals surface area contributed by atoms with Crippen molar-refractivity contribution in [3.8, 4) is 5.75 Å². The molecule has 0 saturated heterocycles. The molecule has 2 rings (SSSR count). The molecule has 0 bridgehead atoms. The first kappa shape index (κ1) is 23.5. The molecule has 2 amide bonds. The van der Waals surface area contributed by atoms with Gasteiger partial charge in [-0.3, -0.25) is 9.59 Å². The molecule has 1 N–H and O–H groups in total. The number of amides is 2. The number of hydrogen-bond acceptors (Lipinski definition) is 3. The Kier molecular flexibility index (Phi) is 9.39. The van der Waals surface area contributed by atoms with E-state index in [0.29, 0.717) is 19.5 Å². The molecular formula is C25H34N2O3. The summed E-state index contributed by atoms with van der Waals surface area (Å²) in [7, 11) is 1.62. The van der Waals surface area contributed by atoms with Gasteiger partial charge in [0.25, 0.3) is 0 Å². The summed E-state index contributed by atoms with van der Waals surface area (Å²) in [4.78, 5) is 27.9. The molecule has 0 aromatic heterocycles. The van der Waals surface area contributed by atoms with Crippen LogP contribution in [0.3, 0.4) is 0 Å². The Morgan fingerprint density at radius 2 is 1.80 bits per heavy atom. The zero-order chi connectivity index (χ0) is 21.9. The fourth-order valence-corrected chi connectivity index (χ4v) is 3.38. The van der Waals surface area contributed by atoms with Crippen LogP contribution < -0.4 is 10.1 Å². The van der Waals surface area contributed by atoms with Crippen molar-refractivity contribution < 1.29 is 14.3 Å². The van der Waals surface area contributed by atoms with Crippen LogP contribution in [0.1, 0.15) is 49.8 Å². The third-order valence-electron chi connectivity index (χ3n) is 5.18. The highest BCUT2D eigenvalue weighted by Crippen LogP contribution is 2.18. The maximum atomic E-state index is 13.3. The van der Waals surface area contributed by atoms with Gasteiger partial charge in [0.1, 0.15) is 11.8 Å². The van der Waals surface area contributed by atoms with Gasteiger partial charge in [0.15, 0.2) is 0 Å². The normalized spacial score (nSPS) is 11.6. The number of ether oxygens (including phenoxy) is 1. The summed E-state index contributed by atoms with van der Waals surface area (Å²) in [6.45, 7) is 7.05. The molecule has 162 valence electrons. The Morgan fingerprint density at radius 1 is 1.07 bits per heavy atom. The third kappa shape index (κ3) is 6.90.